The average Bonchev–Trinajstić information content (AvgIpc) is 2.97. The normalized spacial score (nSPS) is 10.8. The molecule has 0 saturated carbocycles. The third-order valence-electron chi connectivity index (χ3n) is 3.40. The number of fused-ring (bicyclic) bond motifs is 1. The van der Waals surface area contributed by atoms with E-state index in [1.54, 1.807) is 7.11 Å². The summed E-state index contributed by atoms with van der Waals surface area (Å²) in [6, 6.07) is 8.95. The van der Waals surface area contributed by atoms with Crippen LogP contribution in [-0.4, -0.2) is 30.2 Å². The maximum absolute atomic E-state index is 11.6. The van der Waals surface area contributed by atoms with E-state index in [0.29, 0.717) is 16.4 Å². The Hall–Kier alpha value is -2.87. The maximum Gasteiger partial charge on any atom is 0.352 e. The Morgan fingerprint density at radius 3 is 2.92 bits per heavy atom. The molecule has 3 rings (SSSR count). The Labute approximate surface area is 140 Å². The molecule has 0 atom stereocenters. The molecule has 2 heterocycles. The number of rotatable bonds is 5. The molecule has 1 aromatic carbocycles. The van der Waals surface area contributed by atoms with Crippen molar-refractivity contribution in [3.8, 4) is 5.75 Å². The molecule has 0 radical (unpaired) electrons. The third-order valence-corrected chi connectivity index (χ3v) is 4.50. The first-order valence-corrected chi connectivity index (χ1v) is 7.81. The number of nitrogens with zero attached hydrogens (tertiary/aromatic N) is 2. The van der Waals surface area contributed by atoms with Gasteiger partial charge < -0.3 is 19.2 Å². The highest BCUT2D eigenvalue weighted by Gasteiger charge is 2.17. The summed E-state index contributed by atoms with van der Waals surface area (Å²) < 4.78 is 10.7. The fourth-order valence-corrected chi connectivity index (χ4v) is 3.13. The zero-order valence-corrected chi connectivity index (χ0v) is 13.8. The highest BCUT2D eigenvalue weighted by Crippen LogP contribution is 2.29. The van der Waals surface area contributed by atoms with Crippen LogP contribution in [0.15, 0.2) is 39.5 Å². The molecule has 0 bridgehead atoms. The number of benzene rings is 1. The average molecular weight is 346 g/mol. The Balaban J connectivity index is 1.91. The van der Waals surface area contributed by atoms with Gasteiger partial charge in [-0.15, -0.1) is 0 Å². The molecule has 124 valence electrons. The lowest BCUT2D eigenvalue weighted by atomic mass is 10.2. The van der Waals surface area contributed by atoms with Gasteiger partial charge >= 0.3 is 11.6 Å². The number of ether oxygens (including phenoxy) is 1. The van der Waals surface area contributed by atoms with E-state index in [9.17, 15) is 9.59 Å². The largest absolute Gasteiger partial charge is 0.497 e. The molecule has 0 spiro atoms. The second kappa shape index (κ2) is 6.32. The van der Waals surface area contributed by atoms with Gasteiger partial charge in [-0.2, -0.15) is 4.98 Å². The summed E-state index contributed by atoms with van der Waals surface area (Å²) in [5, 5.41) is 9.61. The summed E-state index contributed by atoms with van der Waals surface area (Å²) >= 11 is 1.26. The lowest BCUT2D eigenvalue weighted by Crippen LogP contribution is -2.16. The quantitative estimate of drug-likeness (QED) is 0.759. The minimum atomic E-state index is -1.31. The monoisotopic (exact) mass is 346 g/mol. The molecule has 0 aliphatic carbocycles. The zero-order valence-electron chi connectivity index (χ0n) is 13.0. The summed E-state index contributed by atoms with van der Waals surface area (Å²) in [6.07, 6.45) is 0. The first kappa shape index (κ1) is 16.0. The van der Waals surface area contributed by atoms with Gasteiger partial charge in [0.1, 0.15) is 11.3 Å². The summed E-state index contributed by atoms with van der Waals surface area (Å²) in [5.74, 6) is -0.548. The van der Waals surface area contributed by atoms with Gasteiger partial charge in [0.15, 0.2) is 5.13 Å². The van der Waals surface area contributed by atoms with Crippen LogP contribution in [0, 0.1) is 0 Å². The van der Waals surface area contributed by atoms with Gasteiger partial charge in [-0.05, 0) is 23.8 Å². The van der Waals surface area contributed by atoms with Crippen molar-refractivity contribution in [3.63, 3.8) is 0 Å². The SMILES string of the molecule is COc1cccc(CN(C)c2nc3oc(=O)c(C(=O)O)cc3s2)c1. The molecule has 7 nitrogen and oxygen atoms in total. The second-order valence-corrected chi connectivity index (χ2v) is 6.14. The lowest BCUT2D eigenvalue weighted by Gasteiger charge is -2.15. The van der Waals surface area contributed by atoms with Gasteiger partial charge in [0.25, 0.3) is 0 Å². The number of aromatic nitrogens is 1. The van der Waals surface area contributed by atoms with Crippen molar-refractivity contribution in [2.24, 2.45) is 0 Å². The van der Waals surface area contributed by atoms with Gasteiger partial charge in [-0.3, -0.25) is 0 Å². The smallest absolute Gasteiger partial charge is 0.352 e. The number of carboxylic acids is 1. The van der Waals surface area contributed by atoms with E-state index in [-0.39, 0.29) is 5.71 Å². The van der Waals surface area contributed by atoms with E-state index >= 15 is 0 Å². The predicted molar refractivity (Wildman–Crippen MR) is 90.2 cm³/mol. The Bertz CT molecular complexity index is 963. The third kappa shape index (κ3) is 3.09. The van der Waals surface area contributed by atoms with Gasteiger partial charge in [0.2, 0.25) is 5.71 Å². The van der Waals surface area contributed by atoms with Crippen molar-refractivity contribution in [1.29, 1.82) is 0 Å². The van der Waals surface area contributed by atoms with E-state index in [1.165, 1.54) is 17.4 Å². The number of carboxylic acid groups (broad SMARTS) is 1. The molecule has 0 amide bonds. The molecular weight excluding hydrogens is 332 g/mol. The highest BCUT2D eigenvalue weighted by molar-refractivity contribution is 7.22. The van der Waals surface area contributed by atoms with E-state index in [1.807, 2.05) is 36.2 Å². The van der Waals surface area contributed by atoms with Crippen molar-refractivity contribution in [2.75, 3.05) is 19.1 Å². The minimum Gasteiger partial charge on any atom is -0.497 e. The Kier molecular flexibility index (Phi) is 4.22. The number of anilines is 1. The first-order chi connectivity index (χ1) is 11.5. The molecule has 24 heavy (non-hydrogen) atoms. The molecule has 0 aliphatic rings. The fourth-order valence-electron chi connectivity index (χ4n) is 2.23. The maximum atomic E-state index is 11.6. The van der Waals surface area contributed by atoms with Gasteiger partial charge in [0.05, 0.1) is 11.8 Å². The number of hydrogen-bond donors (Lipinski definition) is 1. The van der Waals surface area contributed by atoms with Crippen molar-refractivity contribution < 1.29 is 19.1 Å². The summed E-state index contributed by atoms with van der Waals surface area (Å²) in [7, 11) is 3.46. The molecule has 0 fully saturated rings. The lowest BCUT2D eigenvalue weighted by molar-refractivity contribution is 0.0692. The Morgan fingerprint density at radius 2 is 2.21 bits per heavy atom. The topological polar surface area (TPSA) is 92.9 Å². The summed E-state index contributed by atoms with van der Waals surface area (Å²) in [6.45, 7) is 0.576. The van der Waals surface area contributed by atoms with E-state index in [0.717, 1.165) is 11.3 Å². The van der Waals surface area contributed by atoms with Gasteiger partial charge in [-0.1, -0.05) is 23.5 Å². The van der Waals surface area contributed by atoms with Crippen LogP contribution in [0.1, 0.15) is 15.9 Å². The van der Waals surface area contributed by atoms with E-state index in [4.69, 9.17) is 14.3 Å². The van der Waals surface area contributed by atoms with Crippen molar-refractivity contribution in [1.82, 2.24) is 4.98 Å². The number of carbonyl (C=O) groups is 1. The van der Waals surface area contributed by atoms with Gasteiger partial charge in [-0.25, -0.2) is 9.59 Å². The second-order valence-electron chi connectivity index (χ2n) is 5.13. The molecule has 8 heteroatoms. The predicted octanol–water partition coefficient (Wildman–Crippen LogP) is 2.59. The number of methoxy groups -OCH3 is 1. The van der Waals surface area contributed by atoms with Crippen molar-refractivity contribution in [2.45, 2.75) is 6.54 Å². The van der Waals surface area contributed by atoms with Crippen LogP contribution in [-0.2, 0) is 6.54 Å². The van der Waals surface area contributed by atoms with E-state index in [2.05, 4.69) is 4.98 Å². The van der Waals surface area contributed by atoms with Crippen molar-refractivity contribution in [3.05, 3.63) is 51.9 Å². The molecule has 2 aromatic heterocycles. The number of aromatic carboxylic acids is 1. The summed E-state index contributed by atoms with van der Waals surface area (Å²) in [4.78, 5) is 28.8. The number of thiazole rings is 1. The molecule has 3 aromatic rings. The van der Waals surface area contributed by atoms with Crippen LogP contribution in [0.5, 0.6) is 5.75 Å². The van der Waals surface area contributed by atoms with Crippen LogP contribution in [0.3, 0.4) is 0 Å². The minimum absolute atomic E-state index is 0.141. The standard InChI is InChI=1S/C16H14N2O5S/c1-18(8-9-4-3-5-10(6-9)22-2)16-17-13-12(24-16)7-11(14(19)20)15(21)23-13/h3-7H,8H2,1-2H3,(H,19,20). The molecule has 0 saturated heterocycles. The first-order valence-electron chi connectivity index (χ1n) is 7.00. The summed E-state index contributed by atoms with van der Waals surface area (Å²) in [5.41, 5.74) is -0.123. The van der Waals surface area contributed by atoms with Crippen molar-refractivity contribution >= 4 is 32.9 Å². The molecule has 1 N–H and O–H groups in total. The van der Waals surface area contributed by atoms with Crippen LogP contribution in [0.25, 0.3) is 10.4 Å². The molecule has 0 unspecified atom stereocenters. The van der Waals surface area contributed by atoms with E-state index < -0.39 is 17.2 Å². The van der Waals surface area contributed by atoms with Crippen LogP contribution >= 0.6 is 11.3 Å². The number of hydrogen-bond acceptors (Lipinski definition) is 7. The highest BCUT2D eigenvalue weighted by atomic mass is 32.1. The fraction of sp³-hybridized carbons (Fsp3) is 0.188. The molecule has 0 aliphatic heterocycles. The zero-order chi connectivity index (χ0) is 17.3. The van der Waals surface area contributed by atoms with Crippen LogP contribution in [0.4, 0.5) is 5.13 Å². The van der Waals surface area contributed by atoms with Gasteiger partial charge in [0, 0.05) is 13.6 Å². The van der Waals surface area contributed by atoms with Crippen LogP contribution in [0.2, 0.25) is 0 Å². The molecular formula is C16H14N2O5S. The Morgan fingerprint density at radius 1 is 1.42 bits per heavy atom. The van der Waals surface area contributed by atoms with Crippen LogP contribution < -0.4 is 15.3 Å².